The Hall–Kier alpha value is -0.480. The molecule has 5 heteroatoms. The van der Waals surface area contributed by atoms with Crippen molar-refractivity contribution < 1.29 is 0 Å². The average Bonchev–Trinajstić information content (AvgIpc) is 2.20. The minimum Gasteiger partial charge on any atom is -0.367 e. The minimum atomic E-state index is 0.435. The van der Waals surface area contributed by atoms with E-state index in [4.69, 9.17) is 11.6 Å². The molecule has 0 aliphatic rings. The second kappa shape index (κ2) is 6.09. The average molecular weight is 232 g/mol. The normalized spacial score (nSPS) is 12.5. The summed E-state index contributed by atoms with van der Waals surface area (Å²) in [5.41, 5.74) is 0. The maximum absolute atomic E-state index is 5.83. The van der Waals surface area contributed by atoms with Gasteiger partial charge in [0, 0.05) is 24.2 Å². The van der Waals surface area contributed by atoms with Crippen LogP contribution in [0.25, 0.3) is 0 Å². The Morgan fingerprint density at radius 2 is 2.21 bits per heavy atom. The van der Waals surface area contributed by atoms with Crippen LogP contribution in [0.4, 0.5) is 5.82 Å². The Balaban J connectivity index is 2.35. The Labute approximate surface area is 93.7 Å². The molecular formula is C9H14ClN3S. The third-order valence-corrected chi connectivity index (χ3v) is 3.22. The molecule has 1 rings (SSSR count). The van der Waals surface area contributed by atoms with Crippen molar-refractivity contribution in [3.63, 3.8) is 0 Å². The number of hydrogen-bond donors (Lipinski definition) is 1. The SMILES string of the molecule is CSC(C)CCNc1nccnc1Cl. The lowest BCUT2D eigenvalue weighted by atomic mass is 10.3. The number of nitrogens with one attached hydrogen (secondary N) is 1. The molecule has 1 heterocycles. The molecule has 78 valence electrons. The van der Waals surface area contributed by atoms with Crippen molar-refractivity contribution in [1.29, 1.82) is 0 Å². The lowest BCUT2D eigenvalue weighted by molar-refractivity contribution is 0.849. The lowest BCUT2D eigenvalue weighted by Gasteiger charge is -2.09. The van der Waals surface area contributed by atoms with Crippen molar-refractivity contribution in [1.82, 2.24) is 9.97 Å². The summed E-state index contributed by atoms with van der Waals surface area (Å²) in [7, 11) is 0. The molecule has 0 fully saturated rings. The van der Waals surface area contributed by atoms with E-state index in [0.717, 1.165) is 13.0 Å². The van der Waals surface area contributed by atoms with Crippen LogP contribution in [0.1, 0.15) is 13.3 Å². The van der Waals surface area contributed by atoms with E-state index >= 15 is 0 Å². The van der Waals surface area contributed by atoms with E-state index in [0.29, 0.717) is 16.2 Å². The van der Waals surface area contributed by atoms with Gasteiger partial charge < -0.3 is 5.32 Å². The Morgan fingerprint density at radius 1 is 1.50 bits per heavy atom. The molecule has 0 aromatic carbocycles. The third-order valence-electron chi connectivity index (χ3n) is 1.90. The van der Waals surface area contributed by atoms with E-state index in [2.05, 4.69) is 28.5 Å². The highest BCUT2D eigenvalue weighted by atomic mass is 35.5. The monoisotopic (exact) mass is 231 g/mol. The predicted molar refractivity (Wildman–Crippen MR) is 63.1 cm³/mol. The number of anilines is 1. The second-order valence-corrected chi connectivity index (χ2v) is 4.59. The third kappa shape index (κ3) is 3.72. The van der Waals surface area contributed by atoms with Gasteiger partial charge >= 0.3 is 0 Å². The molecular weight excluding hydrogens is 218 g/mol. The van der Waals surface area contributed by atoms with Crippen molar-refractivity contribution in [2.45, 2.75) is 18.6 Å². The fraction of sp³-hybridized carbons (Fsp3) is 0.556. The van der Waals surface area contributed by atoms with Crippen LogP contribution in [0, 0.1) is 0 Å². The van der Waals surface area contributed by atoms with E-state index in [-0.39, 0.29) is 0 Å². The molecule has 0 bridgehead atoms. The Bertz CT molecular complexity index is 283. The number of halogens is 1. The molecule has 0 saturated carbocycles. The molecule has 0 radical (unpaired) electrons. The van der Waals surface area contributed by atoms with Crippen molar-refractivity contribution in [2.75, 3.05) is 18.1 Å². The van der Waals surface area contributed by atoms with Gasteiger partial charge in [0.1, 0.15) is 0 Å². The van der Waals surface area contributed by atoms with Crippen LogP contribution >= 0.6 is 23.4 Å². The molecule has 3 nitrogen and oxygen atoms in total. The van der Waals surface area contributed by atoms with Crippen LogP contribution in [-0.2, 0) is 0 Å². The van der Waals surface area contributed by atoms with Gasteiger partial charge in [0.05, 0.1) is 0 Å². The lowest BCUT2D eigenvalue weighted by Crippen LogP contribution is -2.09. The van der Waals surface area contributed by atoms with Crippen LogP contribution < -0.4 is 5.32 Å². The minimum absolute atomic E-state index is 0.435. The molecule has 0 aliphatic carbocycles. The standard InChI is InChI=1S/C9H14ClN3S/c1-7(14-2)3-4-12-9-8(10)11-5-6-13-9/h5-7H,3-4H2,1-2H3,(H,12,13). The van der Waals surface area contributed by atoms with Gasteiger partial charge in [0.15, 0.2) is 11.0 Å². The number of thioether (sulfide) groups is 1. The van der Waals surface area contributed by atoms with Crippen molar-refractivity contribution in [3.8, 4) is 0 Å². The zero-order chi connectivity index (χ0) is 10.4. The summed E-state index contributed by atoms with van der Waals surface area (Å²) in [4.78, 5) is 8.02. The summed E-state index contributed by atoms with van der Waals surface area (Å²) in [5.74, 6) is 0.669. The highest BCUT2D eigenvalue weighted by Gasteiger charge is 2.02. The Morgan fingerprint density at radius 3 is 2.86 bits per heavy atom. The van der Waals surface area contributed by atoms with Gasteiger partial charge in [-0.1, -0.05) is 18.5 Å². The van der Waals surface area contributed by atoms with Gasteiger partial charge in [0.25, 0.3) is 0 Å². The van der Waals surface area contributed by atoms with Gasteiger partial charge in [-0.25, -0.2) is 9.97 Å². The quantitative estimate of drug-likeness (QED) is 0.846. The summed E-state index contributed by atoms with van der Waals surface area (Å²) in [5, 5.41) is 4.24. The number of aromatic nitrogens is 2. The first kappa shape index (κ1) is 11.6. The molecule has 1 aromatic rings. The fourth-order valence-corrected chi connectivity index (χ4v) is 1.48. The fourth-order valence-electron chi connectivity index (χ4n) is 0.951. The molecule has 14 heavy (non-hydrogen) atoms. The highest BCUT2D eigenvalue weighted by molar-refractivity contribution is 7.99. The number of nitrogens with zero attached hydrogens (tertiary/aromatic N) is 2. The number of rotatable bonds is 5. The molecule has 0 aliphatic heterocycles. The highest BCUT2D eigenvalue weighted by Crippen LogP contribution is 2.15. The van der Waals surface area contributed by atoms with Gasteiger partial charge in [-0.05, 0) is 12.7 Å². The van der Waals surface area contributed by atoms with Crippen molar-refractivity contribution in [3.05, 3.63) is 17.5 Å². The van der Waals surface area contributed by atoms with Crippen LogP contribution in [0.15, 0.2) is 12.4 Å². The topological polar surface area (TPSA) is 37.8 Å². The molecule has 1 aromatic heterocycles. The predicted octanol–water partition coefficient (Wildman–Crippen LogP) is 2.68. The van der Waals surface area contributed by atoms with Gasteiger partial charge in [0.2, 0.25) is 0 Å². The van der Waals surface area contributed by atoms with Crippen LogP contribution in [0.5, 0.6) is 0 Å². The smallest absolute Gasteiger partial charge is 0.171 e. The van der Waals surface area contributed by atoms with E-state index in [1.165, 1.54) is 0 Å². The zero-order valence-corrected chi connectivity index (χ0v) is 9.90. The summed E-state index contributed by atoms with van der Waals surface area (Å²) in [6.45, 7) is 3.07. The molecule has 0 spiro atoms. The van der Waals surface area contributed by atoms with Gasteiger partial charge in [-0.2, -0.15) is 11.8 Å². The molecule has 1 unspecified atom stereocenters. The van der Waals surface area contributed by atoms with E-state index in [9.17, 15) is 0 Å². The van der Waals surface area contributed by atoms with Crippen LogP contribution in [0.3, 0.4) is 0 Å². The van der Waals surface area contributed by atoms with E-state index < -0.39 is 0 Å². The van der Waals surface area contributed by atoms with E-state index in [1.54, 1.807) is 12.4 Å². The van der Waals surface area contributed by atoms with Crippen LogP contribution in [-0.4, -0.2) is 28.0 Å². The first-order chi connectivity index (χ1) is 6.74. The van der Waals surface area contributed by atoms with Crippen molar-refractivity contribution in [2.24, 2.45) is 0 Å². The van der Waals surface area contributed by atoms with Crippen LogP contribution in [0.2, 0.25) is 5.15 Å². The number of hydrogen-bond acceptors (Lipinski definition) is 4. The maximum atomic E-state index is 5.83. The Kier molecular flexibility index (Phi) is 5.04. The summed E-state index contributed by atoms with van der Waals surface area (Å²) < 4.78 is 0. The molecule has 1 atom stereocenters. The second-order valence-electron chi connectivity index (χ2n) is 2.96. The van der Waals surface area contributed by atoms with Crippen molar-refractivity contribution >= 4 is 29.2 Å². The molecule has 0 saturated heterocycles. The summed E-state index contributed by atoms with van der Waals surface area (Å²) in [6.07, 6.45) is 6.41. The first-order valence-corrected chi connectivity index (χ1v) is 6.13. The summed E-state index contributed by atoms with van der Waals surface area (Å²) in [6, 6.07) is 0. The largest absolute Gasteiger partial charge is 0.367 e. The first-order valence-electron chi connectivity index (χ1n) is 4.47. The summed E-state index contributed by atoms with van der Waals surface area (Å²) >= 11 is 7.69. The molecule has 1 N–H and O–H groups in total. The van der Waals surface area contributed by atoms with Gasteiger partial charge in [-0.3, -0.25) is 0 Å². The maximum Gasteiger partial charge on any atom is 0.171 e. The van der Waals surface area contributed by atoms with Gasteiger partial charge in [-0.15, -0.1) is 0 Å². The zero-order valence-electron chi connectivity index (χ0n) is 8.33. The molecule has 0 amide bonds. The van der Waals surface area contributed by atoms with E-state index in [1.807, 2.05) is 11.8 Å².